The lowest BCUT2D eigenvalue weighted by molar-refractivity contribution is -0.120. The molecule has 1 saturated heterocycles. The van der Waals surface area contributed by atoms with Crippen molar-refractivity contribution < 1.29 is 9.53 Å². The molecule has 0 spiro atoms. The Morgan fingerprint density at radius 1 is 1.63 bits per heavy atom. The SMILES string of the molecule is CN1CCO[C@H](CCNC(=O)Cc2cccnc2)C1. The van der Waals surface area contributed by atoms with Crippen molar-refractivity contribution in [3.63, 3.8) is 0 Å². The van der Waals surface area contributed by atoms with Gasteiger partial charge in [0.15, 0.2) is 0 Å². The summed E-state index contributed by atoms with van der Waals surface area (Å²) in [5, 5.41) is 2.93. The summed E-state index contributed by atoms with van der Waals surface area (Å²) in [5.41, 5.74) is 0.939. The maximum Gasteiger partial charge on any atom is 0.224 e. The Labute approximate surface area is 114 Å². The molecule has 104 valence electrons. The molecule has 0 unspecified atom stereocenters. The van der Waals surface area contributed by atoms with Gasteiger partial charge in [-0.2, -0.15) is 0 Å². The first kappa shape index (κ1) is 14.0. The number of carbonyl (C=O) groups excluding carboxylic acids is 1. The first-order valence-electron chi connectivity index (χ1n) is 6.70. The van der Waals surface area contributed by atoms with E-state index in [1.54, 1.807) is 12.4 Å². The van der Waals surface area contributed by atoms with E-state index in [2.05, 4.69) is 22.2 Å². The molecule has 19 heavy (non-hydrogen) atoms. The average Bonchev–Trinajstić information content (AvgIpc) is 2.40. The van der Waals surface area contributed by atoms with Gasteiger partial charge in [-0.1, -0.05) is 6.07 Å². The summed E-state index contributed by atoms with van der Waals surface area (Å²) in [6.45, 7) is 3.38. The highest BCUT2D eigenvalue weighted by Gasteiger charge is 2.17. The second-order valence-electron chi connectivity index (χ2n) is 4.93. The van der Waals surface area contributed by atoms with Crippen molar-refractivity contribution in [1.29, 1.82) is 0 Å². The number of likely N-dealkylation sites (N-methyl/N-ethyl adjacent to an activating group) is 1. The number of aromatic nitrogens is 1. The third kappa shape index (κ3) is 4.96. The molecule has 1 aromatic rings. The summed E-state index contributed by atoms with van der Waals surface area (Å²) in [6, 6.07) is 3.75. The maximum absolute atomic E-state index is 11.7. The molecule has 5 heteroatoms. The van der Waals surface area contributed by atoms with Crippen LogP contribution in [-0.2, 0) is 16.0 Å². The number of nitrogens with zero attached hydrogens (tertiary/aromatic N) is 2. The van der Waals surface area contributed by atoms with E-state index in [1.165, 1.54) is 0 Å². The number of hydrogen-bond acceptors (Lipinski definition) is 4. The minimum absolute atomic E-state index is 0.0390. The Bertz CT molecular complexity index is 397. The van der Waals surface area contributed by atoms with Crippen LogP contribution in [0.15, 0.2) is 24.5 Å². The molecule has 0 aromatic carbocycles. The zero-order chi connectivity index (χ0) is 13.5. The highest BCUT2D eigenvalue weighted by atomic mass is 16.5. The molecule has 5 nitrogen and oxygen atoms in total. The lowest BCUT2D eigenvalue weighted by Crippen LogP contribution is -2.41. The van der Waals surface area contributed by atoms with Gasteiger partial charge in [-0.05, 0) is 25.1 Å². The van der Waals surface area contributed by atoms with Gasteiger partial charge in [-0.25, -0.2) is 0 Å². The number of ether oxygens (including phenoxy) is 1. The predicted octanol–water partition coefficient (Wildman–Crippen LogP) is 0.461. The van der Waals surface area contributed by atoms with Gasteiger partial charge in [0.25, 0.3) is 0 Å². The van der Waals surface area contributed by atoms with Gasteiger partial charge in [-0.15, -0.1) is 0 Å². The summed E-state index contributed by atoms with van der Waals surface area (Å²) >= 11 is 0. The maximum atomic E-state index is 11.7. The Morgan fingerprint density at radius 2 is 2.53 bits per heavy atom. The monoisotopic (exact) mass is 263 g/mol. The number of morpholine rings is 1. The van der Waals surface area contributed by atoms with Crippen LogP contribution in [0, 0.1) is 0 Å². The molecule has 1 aliphatic rings. The third-order valence-electron chi connectivity index (χ3n) is 3.22. The Balaban J connectivity index is 1.64. The average molecular weight is 263 g/mol. The number of amides is 1. The second-order valence-corrected chi connectivity index (χ2v) is 4.93. The van der Waals surface area contributed by atoms with E-state index in [0.717, 1.165) is 31.7 Å². The lowest BCUT2D eigenvalue weighted by Gasteiger charge is -2.30. The molecular weight excluding hydrogens is 242 g/mol. The van der Waals surface area contributed by atoms with Crippen molar-refractivity contribution in [2.24, 2.45) is 0 Å². The molecule has 2 heterocycles. The molecule has 1 amide bonds. The molecule has 1 N–H and O–H groups in total. The van der Waals surface area contributed by atoms with Gasteiger partial charge in [0.1, 0.15) is 0 Å². The molecule has 0 saturated carbocycles. The second kappa shape index (κ2) is 7.21. The van der Waals surface area contributed by atoms with Gasteiger partial charge < -0.3 is 15.0 Å². The van der Waals surface area contributed by atoms with Crippen LogP contribution < -0.4 is 5.32 Å². The molecule has 0 bridgehead atoms. The van der Waals surface area contributed by atoms with E-state index in [1.807, 2.05) is 12.1 Å². The zero-order valence-corrected chi connectivity index (χ0v) is 11.3. The van der Waals surface area contributed by atoms with Crippen LogP contribution >= 0.6 is 0 Å². The van der Waals surface area contributed by atoms with E-state index >= 15 is 0 Å². The first-order chi connectivity index (χ1) is 9.24. The van der Waals surface area contributed by atoms with Crippen LogP contribution in [0.5, 0.6) is 0 Å². The summed E-state index contributed by atoms with van der Waals surface area (Å²) in [4.78, 5) is 18.0. The molecule has 1 atom stereocenters. The van der Waals surface area contributed by atoms with Crippen molar-refractivity contribution in [3.8, 4) is 0 Å². The summed E-state index contributed by atoms with van der Waals surface area (Å²) in [5.74, 6) is 0.0390. The van der Waals surface area contributed by atoms with Gasteiger partial charge in [0.05, 0.1) is 19.1 Å². The number of hydrogen-bond donors (Lipinski definition) is 1. The quantitative estimate of drug-likeness (QED) is 0.838. The Hall–Kier alpha value is -1.46. The molecule has 2 rings (SSSR count). The lowest BCUT2D eigenvalue weighted by atomic mass is 10.2. The van der Waals surface area contributed by atoms with Crippen molar-refractivity contribution in [2.75, 3.05) is 33.3 Å². The molecule has 0 aliphatic carbocycles. The number of nitrogens with one attached hydrogen (secondary N) is 1. The van der Waals surface area contributed by atoms with Crippen LogP contribution in [0.3, 0.4) is 0 Å². The topological polar surface area (TPSA) is 54.5 Å². The number of pyridine rings is 1. The fourth-order valence-corrected chi connectivity index (χ4v) is 2.16. The zero-order valence-electron chi connectivity index (χ0n) is 11.3. The Kier molecular flexibility index (Phi) is 5.30. The molecule has 0 radical (unpaired) electrons. The summed E-state index contributed by atoms with van der Waals surface area (Å²) in [6.07, 6.45) is 4.91. The van der Waals surface area contributed by atoms with E-state index in [4.69, 9.17) is 4.74 Å². The van der Waals surface area contributed by atoms with E-state index in [-0.39, 0.29) is 12.0 Å². The summed E-state index contributed by atoms with van der Waals surface area (Å²) in [7, 11) is 2.09. The van der Waals surface area contributed by atoms with E-state index < -0.39 is 0 Å². The smallest absolute Gasteiger partial charge is 0.224 e. The van der Waals surface area contributed by atoms with Crippen LogP contribution in [0.2, 0.25) is 0 Å². The molecular formula is C14H21N3O2. The molecule has 1 aliphatic heterocycles. The Morgan fingerprint density at radius 3 is 3.26 bits per heavy atom. The van der Waals surface area contributed by atoms with Crippen LogP contribution in [0.1, 0.15) is 12.0 Å². The van der Waals surface area contributed by atoms with Crippen LogP contribution in [-0.4, -0.2) is 55.2 Å². The standard InChI is InChI=1S/C14H21N3O2/c1-17-7-8-19-13(11-17)4-6-16-14(18)9-12-3-2-5-15-10-12/h2-3,5,10,13H,4,6-9,11H2,1H3,(H,16,18)/t13-/m1/s1. The van der Waals surface area contributed by atoms with Gasteiger partial charge in [0, 0.05) is 32.0 Å². The largest absolute Gasteiger partial charge is 0.375 e. The minimum Gasteiger partial charge on any atom is -0.375 e. The third-order valence-corrected chi connectivity index (χ3v) is 3.22. The van der Waals surface area contributed by atoms with E-state index in [0.29, 0.717) is 13.0 Å². The first-order valence-corrected chi connectivity index (χ1v) is 6.70. The van der Waals surface area contributed by atoms with Crippen LogP contribution in [0.4, 0.5) is 0 Å². The van der Waals surface area contributed by atoms with Gasteiger partial charge in [0.2, 0.25) is 5.91 Å². The number of rotatable bonds is 5. The van der Waals surface area contributed by atoms with Crippen molar-refractivity contribution in [2.45, 2.75) is 18.9 Å². The van der Waals surface area contributed by atoms with Crippen LogP contribution in [0.25, 0.3) is 0 Å². The van der Waals surface area contributed by atoms with Crippen molar-refractivity contribution in [3.05, 3.63) is 30.1 Å². The molecule has 1 fully saturated rings. The normalized spacial score (nSPS) is 20.2. The highest BCUT2D eigenvalue weighted by molar-refractivity contribution is 5.78. The predicted molar refractivity (Wildman–Crippen MR) is 72.8 cm³/mol. The minimum atomic E-state index is 0.0390. The van der Waals surface area contributed by atoms with Crippen molar-refractivity contribution >= 4 is 5.91 Å². The summed E-state index contributed by atoms with van der Waals surface area (Å²) < 4.78 is 5.65. The van der Waals surface area contributed by atoms with Gasteiger partial charge >= 0.3 is 0 Å². The molecule has 1 aromatic heterocycles. The van der Waals surface area contributed by atoms with Crippen molar-refractivity contribution in [1.82, 2.24) is 15.2 Å². The fraction of sp³-hybridized carbons (Fsp3) is 0.571. The number of carbonyl (C=O) groups is 1. The van der Waals surface area contributed by atoms with Gasteiger partial charge in [-0.3, -0.25) is 9.78 Å². The van der Waals surface area contributed by atoms with E-state index in [9.17, 15) is 4.79 Å². The fourth-order valence-electron chi connectivity index (χ4n) is 2.16. The highest BCUT2D eigenvalue weighted by Crippen LogP contribution is 2.06.